The molecule has 4 nitrogen and oxygen atoms in total. The van der Waals surface area contributed by atoms with Gasteiger partial charge in [-0.2, -0.15) is 0 Å². The number of carbonyl (C=O) groups is 3. The molecule has 4 saturated carbocycles. The van der Waals surface area contributed by atoms with Gasteiger partial charge >= 0.3 is 5.97 Å². The topological polar surface area (TPSA) is 60.4 Å². The van der Waals surface area contributed by atoms with Crippen LogP contribution in [0.5, 0.6) is 0 Å². The second-order valence-corrected chi connectivity index (χ2v) is 10.6. The molecule has 0 amide bonds. The molecule has 5 aliphatic carbocycles. The van der Waals surface area contributed by atoms with Crippen molar-refractivity contribution in [3.05, 3.63) is 11.6 Å². The maximum absolute atomic E-state index is 12.8. The predicted octanol–water partition coefficient (Wildman–Crippen LogP) is 4.12. The zero-order valence-corrected chi connectivity index (χ0v) is 17.5. The van der Waals surface area contributed by atoms with Crippen LogP contribution in [0.2, 0.25) is 0 Å². The molecule has 4 fully saturated rings. The third-order valence-corrected chi connectivity index (χ3v) is 9.52. The second-order valence-electron chi connectivity index (χ2n) is 10.6. The Bertz CT molecular complexity index is 796. The minimum Gasteiger partial charge on any atom is -0.451 e. The molecule has 0 N–H and O–H groups in total. The zero-order valence-electron chi connectivity index (χ0n) is 17.5. The average molecular weight is 385 g/mol. The van der Waals surface area contributed by atoms with Crippen LogP contribution in [-0.4, -0.2) is 23.1 Å². The van der Waals surface area contributed by atoms with Crippen molar-refractivity contribution in [1.82, 2.24) is 0 Å². The van der Waals surface area contributed by atoms with Gasteiger partial charge in [-0.15, -0.1) is 0 Å². The Morgan fingerprint density at radius 2 is 1.82 bits per heavy atom. The van der Waals surface area contributed by atoms with Gasteiger partial charge in [0.1, 0.15) is 0 Å². The molecule has 9 atom stereocenters. The smallest absolute Gasteiger partial charge is 0.303 e. The van der Waals surface area contributed by atoms with Crippen molar-refractivity contribution in [2.45, 2.75) is 71.8 Å². The molecular weight excluding hydrogens is 352 g/mol. The van der Waals surface area contributed by atoms with E-state index in [9.17, 15) is 14.4 Å². The van der Waals surface area contributed by atoms with Gasteiger partial charge in [-0.1, -0.05) is 19.4 Å². The van der Waals surface area contributed by atoms with Crippen LogP contribution in [0.1, 0.15) is 66.2 Å². The van der Waals surface area contributed by atoms with E-state index >= 15 is 0 Å². The Balaban J connectivity index is 1.51. The molecule has 0 saturated heterocycles. The van der Waals surface area contributed by atoms with Crippen molar-refractivity contribution >= 4 is 17.5 Å². The van der Waals surface area contributed by atoms with E-state index in [1.165, 1.54) is 12.5 Å². The van der Waals surface area contributed by atoms with Gasteiger partial charge in [0.05, 0.1) is 0 Å². The maximum atomic E-state index is 12.8. The SMILES string of the molecule is CC(=O)O[C@]1(C(C)=O)CC[C@H]2[C@@H]3C[C@H](C)C4=CC(=O)[C@H]5C[C@@H]5[C@@H]4[C@H]3CC[C@@]21C. The molecule has 5 aliphatic rings. The summed E-state index contributed by atoms with van der Waals surface area (Å²) in [5.74, 6) is 3.54. The van der Waals surface area contributed by atoms with Gasteiger partial charge in [0, 0.05) is 18.3 Å². The van der Waals surface area contributed by atoms with Crippen LogP contribution < -0.4 is 0 Å². The number of ether oxygens (including phenoxy) is 1. The van der Waals surface area contributed by atoms with E-state index in [0.29, 0.717) is 47.7 Å². The van der Waals surface area contributed by atoms with E-state index in [-0.39, 0.29) is 23.1 Å². The Labute approximate surface area is 167 Å². The summed E-state index contributed by atoms with van der Waals surface area (Å²) in [7, 11) is 0. The molecule has 152 valence electrons. The fraction of sp³-hybridized carbons (Fsp3) is 0.792. The van der Waals surface area contributed by atoms with E-state index in [1.54, 1.807) is 6.92 Å². The standard InChI is InChI=1S/C24H32O4/c1-12-9-17-15(22-16(12)11-21(27)18-10-19(18)22)5-7-23(4)20(17)6-8-24(23,13(2)25)28-14(3)26/h11-12,15,17-20,22H,5-10H2,1-4H3/t12-,15-,17+,18-,19-,20-,22+,23-,24-/m0/s1. The first-order chi connectivity index (χ1) is 13.2. The lowest BCUT2D eigenvalue weighted by molar-refractivity contribution is -0.186. The molecule has 5 rings (SSSR count). The number of esters is 1. The van der Waals surface area contributed by atoms with Gasteiger partial charge < -0.3 is 4.74 Å². The summed E-state index contributed by atoms with van der Waals surface area (Å²) in [5, 5.41) is 0. The van der Waals surface area contributed by atoms with Gasteiger partial charge in [-0.05, 0) is 87.0 Å². The molecule has 0 aromatic heterocycles. The van der Waals surface area contributed by atoms with Crippen LogP contribution in [-0.2, 0) is 19.1 Å². The Kier molecular flexibility index (Phi) is 3.84. The highest BCUT2D eigenvalue weighted by atomic mass is 16.6. The van der Waals surface area contributed by atoms with Crippen LogP contribution >= 0.6 is 0 Å². The first-order valence-corrected chi connectivity index (χ1v) is 11.2. The van der Waals surface area contributed by atoms with Crippen molar-refractivity contribution in [2.24, 2.45) is 46.8 Å². The number of rotatable bonds is 2. The van der Waals surface area contributed by atoms with E-state index in [1.807, 2.05) is 6.08 Å². The van der Waals surface area contributed by atoms with Crippen LogP contribution in [0.4, 0.5) is 0 Å². The molecular formula is C24H32O4. The zero-order chi connectivity index (χ0) is 20.0. The first kappa shape index (κ1) is 18.6. The lowest BCUT2D eigenvalue weighted by atomic mass is 9.48. The summed E-state index contributed by atoms with van der Waals surface area (Å²) in [5.41, 5.74) is 0.211. The van der Waals surface area contributed by atoms with Crippen molar-refractivity contribution in [3.63, 3.8) is 0 Å². The molecule has 0 bridgehead atoms. The number of Topliss-reactive ketones (excluding diaryl/α,β-unsaturated/α-hetero) is 1. The molecule has 0 aliphatic heterocycles. The summed E-state index contributed by atoms with van der Waals surface area (Å²) in [6.07, 6.45) is 7.84. The van der Waals surface area contributed by atoms with Gasteiger partial charge in [-0.25, -0.2) is 0 Å². The van der Waals surface area contributed by atoms with E-state index in [2.05, 4.69) is 13.8 Å². The number of hydrogen-bond donors (Lipinski definition) is 0. The summed E-state index contributed by atoms with van der Waals surface area (Å²) >= 11 is 0. The van der Waals surface area contributed by atoms with Gasteiger partial charge in [0.25, 0.3) is 0 Å². The summed E-state index contributed by atoms with van der Waals surface area (Å²) in [6.45, 7) is 7.54. The molecule has 28 heavy (non-hydrogen) atoms. The molecule has 0 aromatic carbocycles. The maximum Gasteiger partial charge on any atom is 0.303 e. The highest BCUT2D eigenvalue weighted by Crippen LogP contribution is 2.69. The van der Waals surface area contributed by atoms with Crippen LogP contribution in [0.25, 0.3) is 0 Å². The normalized spacial score (nSPS) is 51.2. The molecule has 0 radical (unpaired) electrons. The van der Waals surface area contributed by atoms with E-state index < -0.39 is 5.60 Å². The summed E-state index contributed by atoms with van der Waals surface area (Å²) in [4.78, 5) is 37.0. The lowest BCUT2D eigenvalue weighted by Crippen LogP contribution is -2.58. The Morgan fingerprint density at radius 3 is 2.50 bits per heavy atom. The predicted molar refractivity (Wildman–Crippen MR) is 104 cm³/mol. The number of ketones is 2. The van der Waals surface area contributed by atoms with Crippen LogP contribution in [0, 0.1) is 46.8 Å². The third-order valence-electron chi connectivity index (χ3n) is 9.52. The molecule has 0 unspecified atom stereocenters. The van der Waals surface area contributed by atoms with Crippen molar-refractivity contribution in [3.8, 4) is 0 Å². The number of carbonyl (C=O) groups excluding carboxylic acids is 3. The number of fused-ring (bicyclic) bond motifs is 7. The first-order valence-electron chi connectivity index (χ1n) is 11.2. The average Bonchev–Trinajstić information content (AvgIpc) is 3.35. The Hall–Kier alpha value is -1.45. The van der Waals surface area contributed by atoms with Crippen molar-refractivity contribution in [1.29, 1.82) is 0 Å². The van der Waals surface area contributed by atoms with Gasteiger partial charge in [0.2, 0.25) is 0 Å². The number of hydrogen-bond acceptors (Lipinski definition) is 4. The van der Waals surface area contributed by atoms with E-state index in [4.69, 9.17) is 4.74 Å². The fourth-order valence-corrected chi connectivity index (χ4v) is 8.30. The van der Waals surface area contributed by atoms with Gasteiger partial charge in [-0.3, -0.25) is 14.4 Å². The highest BCUT2D eigenvalue weighted by Gasteiger charge is 2.68. The highest BCUT2D eigenvalue weighted by molar-refractivity contribution is 5.96. The lowest BCUT2D eigenvalue weighted by Gasteiger charge is -2.56. The Morgan fingerprint density at radius 1 is 1.07 bits per heavy atom. The van der Waals surface area contributed by atoms with Crippen LogP contribution in [0.15, 0.2) is 11.6 Å². The monoisotopic (exact) mass is 384 g/mol. The van der Waals surface area contributed by atoms with Gasteiger partial charge in [0.15, 0.2) is 17.2 Å². The second kappa shape index (κ2) is 5.79. The van der Waals surface area contributed by atoms with Crippen LogP contribution in [0.3, 0.4) is 0 Å². The van der Waals surface area contributed by atoms with Crippen molar-refractivity contribution < 1.29 is 19.1 Å². The van der Waals surface area contributed by atoms with Crippen molar-refractivity contribution in [2.75, 3.05) is 0 Å². The summed E-state index contributed by atoms with van der Waals surface area (Å²) < 4.78 is 5.84. The minimum atomic E-state index is -0.946. The quantitative estimate of drug-likeness (QED) is 0.672. The largest absolute Gasteiger partial charge is 0.451 e. The fourth-order valence-electron chi connectivity index (χ4n) is 8.30. The molecule has 0 spiro atoms. The molecule has 0 heterocycles. The summed E-state index contributed by atoms with van der Waals surface area (Å²) in [6, 6.07) is 0. The molecule has 0 aromatic rings. The number of allylic oxidation sites excluding steroid dienone is 1. The molecule has 4 heteroatoms. The van der Waals surface area contributed by atoms with E-state index in [0.717, 1.165) is 32.1 Å². The minimum absolute atomic E-state index is 0.0149. The third kappa shape index (κ3) is 2.21.